The lowest BCUT2D eigenvalue weighted by Gasteiger charge is -2.10. The van der Waals surface area contributed by atoms with Gasteiger partial charge in [-0.15, -0.1) is 5.11 Å². The minimum atomic E-state index is -0.325. The second kappa shape index (κ2) is 8.06. The Kier molecular flexibility index (Phi) is 6.11. The summed E-state index contributed by atoms with van der Waals surface area (Å²) in [5.74, 6) is 0.815. The van der Waals surface area contributed by atoms with E-state index < -0.39 is 0 Å². The van der Waals surface area contributed by atoms with E-state index in [1.807, 2.05) is 6.92 Å². The lowest BCUT2D eigenvalue weighted by Crippen LogP contribution is -2.11. The van der Waals surface area contributed by atoms with E-state index in [1.54, 1.807) is 11.8 Å². The van der Waals surface area contributed by atoms with Crippen molar-refractivity contribution in [3.05, 3.63) is 12.1 Å². The Morgan fingerprint density at radius 3 is 3.04 bits per heavy atom. The predicted molar refractivity (Wildman–Crippen MR) is 93.6 cm³/mol. The highest BCUT2D eigenvalue weighted by Gasteiger charge is 2.19. The molecule has 124 valence electrons. The molecule has 0 radical (unpaired) electrons. The van der Waals surface area contributed by atoms with E-state index in [2.05, 4.69) is 26.1 Å². The van der Waals surface area contributed by atoms with Crippen molar-refractivity contribution < 1.29 is 14.6 Å². The number of nitrogens with one attached hydrogen (secondary N) is 2. The van der Waals surface area contributed by atoms with E-state index in [1.165, 1.54) is 37.9 Å². The maximum absolute atomic E-state index is 11.3. The smallest absolute Gasteiger partial charge is 0.221 e. The molecule has 1 heterocycles. The molecule has 10 heteroatoms. The minimum Gasteiger partial charge on any atom is -0.504 e. The minimum absolute atomic E-state index is 0.0893. The summed E-state index contributed by atoms with van der Waals surface area (Å²) in [5.41, 5.74) is 3.28. The maximum atomic E-state index is 11.3. The zero-order chi connectivity index (χ0) is 16.8. The van der Waals surface area contributed by atoms with Crippen molar-refractivity contribution in [1.29, 1.82) is 0 Å². The highest BCUT2D eigenvalue weighted by atomic mass is 32.2. The average molecular weight is 355 g/mol. The van der Waals surface area contributed by atoms with Crippen LogP contribution in [-0.2, 0) is 4.79 Å². The van der Waals surface area contributed by atoms with Crippen LogP contribution in [0.15, 0.2) is 27.5 Å². The molecule has 23 heavy (non-hydrogen) atoms. The third-order valence-electron chi connectivity index (χ3n) is 2.62. The van der Waals surface area contributed by atoms with Gasteiger partial charge in [-0.1, -0.05) is 18.7 Å². The Hall–Kier alpha value is -1.94. The second-order valence-electron chi connectivity index (χ2n) is 4.35. The van der Waals surface area contributed by atoms with E-state index in [0.717, 1.165) is 10.1 Å². The number of anilines is 1. The van der Waals surface area contributed by atoms with E-state index in [0.29, 0.717) is 11.4 Å². The summed E-state index contributed by atoms with van der Waals surface area (Å²) in [6, 6.07) is 2.88. The maximum Gasteiger partial charge on any atom is 0.221 e. The first-order valence-corrected chi connectivity index (χ1v) is 8.62. The molecule has 1 amide bonds. The Labute approximate surface area is 142 Å². The quantitative estimate of drug-likeness (QED) is 0.701. The number of hydrogen-bond donors (Lipinski definition) is 3. The number of benzene rings is 1. The predicted octanol–water partition coefficient (Wildman–Crippen LogP) is 3.09. The molecule has 0 aromatic heterocycles. The monoisotopic (exact) mass is 355 g/mol. The van der Waals surface area contributed by atoms with Gasteiger partial charge in [-0.25, -0.2) is 0 Å². The molecule has 1 aliphatic heterocycles. The number of carbonyl (C=O) groups is 1. The number of ether oxygens (including phenoxy) is 1. The van der Waals surface area contributed by atoms with Gasteiger partial charge < -0.3 is 15.2 Å². The molecule has 0 saturated heterocycles. The number of azo groups is 1. The summed E-state index contributed by atoms with van der Waals surface area (Å²) in [6.07, 6.45) is 0. The molecule has 1 unspecified atom stereocenters. The second-order valence-corrected chi connectivity index (χ2v) is 6.93. The third kappa shape index (κ3) is 4.76. The highest BCUT2D eigenvalue weighted by Crippen LogP contribution is 2.38. The molecule has 8 nitrogen and oxygen atoms in total. The first-order valence-electron chi connectivity index (χ1n) is 6.75. The van der Waals surface area contributed by atoms with E-state index >= 15 is 0 Å². The van der Waals surface area contributed by atoms with E-state index in [4.69, 9.17) is 4.74 Å². The number of methoxy groups -OCH3 is 1. The van der Waals surface area contributed by atoms with Crippen LogP contribution in [0.2, 0.25) is 0 Å². The van der Waals surface area contributed by atoms with E-state index in [-0.39, 0.29) is 22.9 Å². The zero-order valence-corrected chi connectivity index (χ0v) is 14.5. The molecule has 0 aliphatic carbocycles. The Morgan fingerprint density at radius 1 is 1.61 bits per heavy atom. The molecule has 1 aliphatic rings. The molecule has 0 bridgehead atoms. The van der Waals surface area contributed by atoms with Crippen LogP contribution >= 0.6 is 23.5 Å². The summed E-state index contributed by atoms with van der Waals surface area (Å²) in [6.45, 7) is 3.42. The lowest BCUT2D eigenvalue weighted by atomic mass is 10.2. The van der Waals surface area contributed by atoms with Gasteiger partial charge in [-0.2, -0.15) is 10.2 Å². The molecular formula is C13H17N5O3S2. The van der Waals surface area contributed by atoms with Crippen molar-refractivity contribution in [1.82, 2.24) is 5.43 Å². The summed E-state index contributed by atoms with van der Waals surface area (Å²) in [7, 11) is 1.44. The fourth-order valence-corrected chi connectivity index (χ4v) is 3.46. The molecule has 3 N–H and O–H groups in total. The van der Waals surface area contributed by atoms with Gasteiger partial charge >= 0.3 is 0 Å². The number of phenols is 1. The van der Waals surface area contributed by atoms with Crippen LogP contribution in [-0.4, -0.2) is 33.7 Å². The number of aromatic hydroxyl groups is 1. The van der Waals surface area contributed by atoms with Crippen LogP contribution in [0, 0.1) is 0 Å². The molecule has 0 spiro atoms. The fourth-order valence-electron chi connectivity index (χ4n) is 1.70. The van der Waals surface area contributed by atoms with Crippen LogP contribution < -0.4 is 15.5 Å². The molecular weight excluding hydrogens is 338 g/mol. The number of nitrogens with zero attached hydrogens (tertiary/aromatic N) is 3. The van der Waals surface area contributed by atoms with Crippen molar-refractivity contribution in [2.75, 3.05) is 18.2 Å². The SMILES string of the molecule is CCSC1=NNC(N=Nc2cc(OC)c(O)cc2NC(C)=O)S1. The van der Waals surface area contributed by atoms with Crippen LogP contribution in [0.5, 0.6) is 11.5 Å². The molecule has 0 fully saturated rings. The first-order chi connectivity index (χ1) is 11.0. The van der Waals surface area contributed by atoms with Crippen molar-refractivity contribution in [3.63, 3.8) is 0 Å². The topological polar surface area (TPSA) is 108 Å². The molecule has 2 rings (SSSR count). The Bertz CT molecular complexity index is 651. The summed E-state index contributed by atoms with van der Waals surface area (Å²) < 4.78 is 5.96. The van der Waals surface area contributed by atoms with Gasteiger partial charge in [0.15, 0.2) is 15.9 Å². The normalized spacial score (nSPS) is 17.0. The van der Waals surface area contributed by atoms with Gasteiger partial charge in [0.1, 0.15) is 5.69 Å². The standard InChI is InChI=1S/C13H17N5O3S2/c1-4-22-13-18-17-12(23-13)16-15-9-6-11(21-3)10(20)5-8(9)14-7(2)19/h5-6,12,17,20H,4H2,1-3H3,(H,14,19). The van der Waals surface area contributed by atoms with Gasteiger partial charge in [-0.05, 0) is 17.5 Å². The average Bonchev–Trinajstić information content (AvgIpc) is 2.94. The largest absolute Gasteiger partial charge is 0.504 e. The van der Waals surface area contributed by atoms with Crippen LogP contribution in [0.1, 0.15) is 13.8 Å². The number of thioether (sulfide) groups is 2. The van der Waals surface area contributed by atoms with Crippen molar-refractivity contribution in [2.24, 2.45) is 15.3 Å². The first kappa shape index (κ1) is 17.4. The van der Waals surface area contributed by atoms with Crippen LogP contribution in [0.25, 0.3) is 0 Å². The summed E-state index contributed by atoms with van der Waals surface area (Å²) in [5, 5.41) is 24.9. The number of hydrogen-bond acceptors (Lipinski definition) is 9. The number of phenolic OH excluding ortho intramolecular Hbond substituents is 1. The fraction of sp³-hybridized carbons (Fsp3) is 0.385. The molecule has 1 aromatic rings. The highest BCUT2D eigenvalue weighted by molar-refractivity contribution is 8.39. The van der Waals surface area contributed by atoms with Crippen LogP contribution in [0.4, 0.5) is 11.4 Å². The number of amides is 1. The molecule has 0 saturated carbocycles. The number of carbonyl (C=O) groups excluding carboxylic acids is 1. The molecule has 1 aromatic carbocycles. The number of rotatable bonds is 5. The molecule has 1 atom stereocenters. The van der Waals surface area contributed by atoms with E-state index in [9.17, 15) is 9.90 Å². The van der Waals surface area contributed by atoms with Gasteiger partial charge in [0, 0.05) is 19.1 Å². The van der Waals surface area contributed by atoms with Gasteiger partial charge in [0.2, 0.25) is 11.4 Å². The zero-order valence-electron chi connectivity index (χ0n) is 12.9. The summed E-state index contributed by atoms with van der Waals surface area (Å²) in [4.78, 5) is 11.3. The van der Waals surface area contributed by atoms with Crippen molar-refractivity contribution in [2.45, 2.75) is 19.3 Å². The van der Waals surface area contributed by atoms with Gasteiger partial charge in [0.25, 0.3) is 0 Å². The van der Waals surface area contributed by atoms with Gasteiger partial charge in [-0.3, -0.25) is 10.2 Å². The summed E-state index contributed by atoms with van der Waals surface area (Å²) >= 11 is 3.08. The van der Waals surface area contributed by atoms with Crippen molar-refractivity contribution in [3.8, 4) is 11.5 Å². The lowest BCUT2D eigenvalue weighted by molar-refractivity contribution is -0.114. The van der Waals surface area contributed by atoms with Gasteiger partial charge in [0.05, 0.1) is 12.8 Å². The Balaban J connectivity index is 2.17. The third-order valence-corrected chi connectivity index (χ3v) is 4.61. The Morgan fingerprint density at radius 2 is 2.39 bits per heavy atom. The van der Waals surface area contributed by atoms with Crippen molar-refractivity contribution >= 4 is 45.2 Å². The van der Waals surface area contributed by atoms with Crippen LogP contribution in [0.3, 0.4) is 0 Å². The number of hydrazone groups is 1.